The fourth-order valence-corrected chi connectivity index (χ4v) is 3.65. The van der Waals surface area contributed by atoms with E-state index in [9.17, 15) is 4.39 Å². The predicted molar refractivity (Wildman–Crippen MR) is 75.6 cm³/mol. The number of aromatic nitrogens is 1. The zero-order chi connectivity index (χ0) is 13.4. The molecule has 2 aromatic heterocycles. The zero-order valence-electron chi connectivity index (χ0n) is 10.4. The van der Waals surface area contributed by atoms with E-state index in [2.05, 4.69) is 9.88 Å². The van der Waals surface area contributed by atoms with Crippen LogP contribution in [0.3, 0.4) is 0 Å². The quantitative estimate of drug-likeness (QED) is 0.823. The SMILES string of the molecule is NCc1c(N)sc2c1CCN(c1cccc(F)n1)C2. The summed E-state index contributed by atoms with van der Waals surface area (Å²) in [6.45, 7) is 2.02. The van der Waals surface area contributed by atoms with Crippen molar-refractivity contribution in [3.8, 4) is 0 Å². The molecule has 0 aromatic carbocycles. The molecule has 0 bridgehead atoms. The third kappa shape index (κ3) is 2.17. The summed E-state index contributed by atoms with van der Waals surface area (Å²) in [5, 5.41) is 0.807. The van der Waals surface area contributed by atoms with E-state index in [1.54, 1.807) is 17.4 Å². The Morgan fingerprint density at radius 3 is 3.00 bits per heavy atom. The van der Waals surface area contributed by atoms with E-state index in [-0.39, 0.29) is 0 Å². The van der Waals surface area contributed by atoms with Crippen molar-refractivity contribution in [3.05, 3.63) is 40.2 Å². The number of halogens is 1. The molecule has 2 aromatic rings. The third-order valence-electron chi connectivity index (χ3n) is 3.43. The number of nitrogens with zero attached hydrogens (tertiary/aromatic N) is 2. The molecule has 1 aliphatic heterocycles. The predicted octanol–water partition coefficient (Wildman–Crippen LogP) is 1.89. The summed E-state index contributed by atoms with van der Waals surface area (Å²) < 4.78 is 13.2. The molecule has 4 N–H and O–H groups in total. The van der Waals surface area contributed by atoms with Gasteiger partial charge in [-0.3, -0.25) is 0 Å². The van der Waals surface area contributed by atoms with Crippen LogP contribution in [0.4, 0.5) is 15.2 Å². The van der Waals surface area contributed by atoms with Gasteiger partial charge in [0.05, 0.1) is 11.5 Å². The Bertz CT molecular complexity index is 611. The summed E-state index contributed by atoms with van der Waals surface area (Å²) in [6.07, 6.45) is 0.883. The summed E-state index contributed by atoms with van der Waals surface area (Å²) in [4.78, 5) is 7.22. The van der Waals surface area contributed by atoms with Gasteiger partial charge in [0.25, 0.3) is 0 Å². The third-order valence-corrected chi connectivity index (χ3v) is 4.51. The molecule has 6 heteroatoms. The molecule has 0 atom stereocenters. The van der Waals surface area contributed by atoms with E-state index in [1.165, 1.54) is 16.5 Å². The molecule has 0 aliphatic carbocycles. The molecule has 0 fully saturated rings. The maximum atomic E-state index is 13.2. The van der Waals surface area contributed by atoms with Gasteiger partial charge in [-0.2, -0.15) is 4.39 Å². The van der Waals surface area contributed by atoms with Crippen LogP contribution in [0.5, 0.6) is 0 Å². The molecule has 1 aliphatic rings. The van der Waals surface area contributed by atoms with Crippen molar-refractivity contribution in [2.75, 3.05) is 17.2 Å². The van der Waals surface area contributed by atoms with Gasteiger partial charge in [0.2, 0.25) is 5.95 Å². The Hall–Kier alpha value is -1.66. The number of hydrogen-bond acceptors (Lipinski definition) is 5. The second-order valence-corrected chi connectivity index (χ2v) is 5.68. The average Bonchev–Trinajstić information content (AvgIpc) is 2.72. The van der Waals surface area contributed by atoms with Crippen LogP contribution in [0.1, 0.15) is 16.0 Å². The van der Waals surface area contributed by atoms with Crippen molar-refractivity contribution < 1.29 is 4.39 Å². The van der Waals surface area contributed by atoms with Crippen molar-refractivity contribution in [1.29, 1.82) is 0 Å². The lowest BCUT2D eigenvalue weighted by Crippen LogP contribution is -2.30. The first-order valence-electron chi connectivity index (χ1n) is 6.15. The van der Waals surface area contributed by atoms with E-state index < -0.39 is 5.95 Å². The number of anilines is 2. The van der Waals surface area contributed by atoms with Gasteiger partial charge in [-0.25, -0.2) is 4.98 Å². The largest absolute Gasteiger partial charge is 0.390 e. The van der Waals surface area contributed by atoms with Crippen molar-refractivity contribution in [2.45, 2.75) is 19.5 Å². The molecule has 0 amide bonds. The van der Waals surface area contributed by atoms with Gasteiger partial charge >= 0.3 is 0 Å². The number of nitrogen functional groups attached to an aromatic ring is 1. The topological polar surface area (TPSA) is 68.2 Å². The maximum Gasteiger partial charge on any atom is 0.214 e. The van der Waals surface area contributed by atoms with Crippen LogP contribution >= 0.6 is 11.3 Å². The first-order valence-corrected chi connectivity index (χ1v) is 6.97. The standard InChI is InChI=1S/C13H15FN4S/c14-11-2-1-3-12(17-11)18-5-4-8-9(6-15)13(16)19-10(8)7-18/h1-3H,4-7,15-16H2. The monoisotopic (exact) mass is 278 g/mol. The fourth-order valence-electron chi connectivity index (χ4n) is 2.48. The lowest BCUT2D eigenvalue weighted by molar-refractivity contribution is 0.579. The summed E-state index contributed by atoms with van der Waals surface area (Å²) in [7, 11) is 0. The fraction of sp³-hybridized carbons (Fsp3) is 0.308. The smallest absolute Gasteiger partial charge is 0.214 e. The highest BCUT2D eigenvalue weighted by molar-refractivity contribution is 7.16. The Balaban J connectivity index is 1.90. The van der Waals surface area contributed by atoms with E-state index in [4.69, 9.17) is 11.5 Å². The first kappa shape index (κ1) is 12.4. The number of rotatable bonds is 2. The normalized spacial score (nSPS) is 14.5. The van der Waals surface area contributed by atoms with Crippen molar-refractivity contribution in [2.24, 2.45) is 5.73 Å². The van der Waals surface area contributed by atoms with Gasteiger partial charge in [0, 0.05) is 23.5 Å². The molecule has 4 nitrogen and oxygen atoms in total. The molecule has 0 spiro atoms. The Labute approximate surface area is 114 Å². The molecule has 19 heavy (non-hydrogen) atoms. The minimum Gasteiger partial charge on any atom is -0.390 e. The van der Waals surface area contributed by atoms with Crippen molar-refractivity contribution in [1.82, 2.24) is 4.98 Å². The van der Waals surface area contributed by atoms with Crippen LogP contribution in [-0.4, -0.2) is 11.5 Å². The summed E-state index contributed by atoms with van der Waals surface area (Å²) >= 11 is 1.58. The molecule has 0 unspecified atom stereocenters. The van der Waals surface area contributed by atoms with Gasteiger partial charge in [-0.05, 0) is 24.1 Å². The lowest BCUT2D eigenvalue weighted by atomic mass is 10.0. The van der Waals surface area contributed by atoms with Gasteiger partial charge in [-0.1, -0.05) is 6.07 Å². The van der Waals surface area contributed by atoms with Gasteiger partial charge in [0.1, 0.15) is 5.82 Å². The van der Waals surface area contributed by atoms with Crippen molar-refractivity contribution >= 4 is 22.2 Å². The highest BCUT2D eigenvalue weighted by Gasteiger charge is 2.23. The van der Waals surface area contributed by atoms with Crippen LogP contribution in [-0.2, 0) is 19.5 Å². The zero-order valence-corrected chi connectivity index (χ0v) is 11.2. The van der Waals surface area contributed by atoms with E-state index in [0.717, 1.165) is 30.1 Å². The molecular weight excluding hydrogens is 263 g/mol. The minimum atomic E-state index is -0.448. The number of pyridine rings is 1. The summed E-state index contributed by atoms with van der Waals surface area (Å²) in [6, 6.07) is 4.87. The van der Waals surface area contributed by atoms with Gasteiger partial charge in [-0.15, -0.1) is 11.3 Å². The Morgan fingerprint density at radius 1 is 1.42 bits per heavy atom. The molecule has 100 valence electrons. The van der Waals surface area contributed by atoms with E-state index >= 15 is 0 Å². The molecular formula is C13H15FN4S. The maximum absolute atomic E-state index is 13.2. The molecule has 3 heterocycles. The highest BCUT2D eigenvalue weighted by Crippen LogP contribution is 2.35. The van der Waals surface area contributed by atoms with E-state index in [0.29, 0.717) is 12.4 Å². The Morgan fingerprint density at radius 2 is 2.26 bits per heavy atom. The number of thiophene rings is 1. The number of hydrogen-bond donors (Lipinski definition) is 2. The van der Waals surface area contributed by atoms with Gasteiger partial charge in [0.15, 0.2) is 0 Å². The lowest BCUT2D eigenvalue weighted by Gasteiger charge is -2.28. The average molecular weight is 278 g/mol. The molecule has 0 saturated carbocycles. The van der Waals surface area contributed by atoms with Crippen LogP contribution in [0, 0.1) is 5.95 Å². The molecule has 3 rings (SSSR count). The van der Waals surface area contributed by atoms with Crippen LogP contribution in [0.25, 0.3) is 0 Å². The van der Waals surface area contributed by atoms with Gasteiger partial charge < -0.3 is 16.4 Å². The van der Waals surface area contributed by atoms with E-state index in [1.807, 2.05) is 6.07 Å². The summed E-state index contributed by atoms with van der Waals surface area (Å²) in [5.74, 6) is 0.226. The first-order chi connectivity index (χ1) is 9.19. The van der Waals surface area contributed by atoms with Crippen LogP contribution < -0.4 is 16.4 Å². The highest BCUT2D eigenvalue weighted by atomic mass is 32.1. The van der Waals surface area contributed by atoms with Crippen LogP contribution in [0.2, 0.25) is 0 Å². The minimum absolute atomic E-state index is 0.448. The van der Waals surface area contributed by atoms with Crippen LogP contribution in [0.15, 0.2) is 18.2 Å². The van der Waals surface area contributed by atoms with Crippen molar-refractivity contribution in [3.63, 3.8) is 0 Å². The Kier molecular flexibility index (Phi) is 3.12. The summed E-state index contributed by atoms with van der Waals surface area (Å²) in [5.41, 5.74) is 14.1. The second-order valence-electron chi connectivity index (χ2n) is 4.54. The number of nitrogens with two attached hydrogens (primary N) is 2. The second kappa shape index (κ2) is 4.79. The number of fused-ring (bicyclic) bond motifs is 1. The molecule has 0 saturated heterocycles. The molecule has 0 radical (unpaired) electrons.